The molecule has 1 atom stereocenters. The van der Waals surface area contributed by atoms with E-state index in [-0.39, 0.29) is 0 Å². The van der Waals surface area contributed by atoms with Crippen LogP contribution in [0.3, 0.4) is 0 Å². The Kier molecular flexibility index (Phi) is 13.4. The number of epoxide rings is 1. The molecular formula is C19H38O2. The molecule has 1 unspecified atom stereocenters. The highest BCUT2D eigenvalue weighted by molar-refractivity contribution is 4.66. The summed E-state index contributed by atoms with van der Waals surface area (Å²) in [6.45, 7) is 4.95. The van der Waals surface area contributed by atoms with E-state index in [0.29, 0.717) is 6.10 Å². The molecule has 2 nitrogen and oxygen atoms in total. The van der Waals surface area contributed by atoms with Crippen molar-refractivity contribution in [2.24, 2.45) is 0 Å². The molecule has 0 spiro atoms. The Morgan fingerprint density at radius 1 is 0.714 bits per heavy atom. The van der Waals surface area contributed by atoms with Gasteiger partial charge in [-0.25, -0.2) is 0 Å². The second-order valence-electron chi connectivity index (χ2n) is 6.63. The average molecular weight is 299 g/mol. The maximum atomic E-state index is 5.54. The van der Waals surface area contributed by atoms with Gasteiger partial charge in [0.05, 0.1) is 13.2 Å². The van der Waals surface area contributed by atoms with Gasteiger partial charge in [-0.3, -0.25) is 0 Å². The van der Waals surface area contributed by atoms with Crippen molar-refractivity contribution in [1.82, 2.24) is 0 Å². The van der Waals surface area contributed by atoms with Crippen LogP contribution in [0.5, 0.6) is 0 Å². The molecular weight excluding hydrogens is 260 g/mol. The van der Waals surface area contributed by atoms with Gasteiger partial charge >= 0.3 is 0 Å². The third kappa shape index (κ3) is 14.6. The van der Waals surface area contributed by atoms with Crippen LogP contribution in [-0.4, -0.2) is 25.9 Å². The summed E-state index contributed by atoms with van der Waals surface area (Å²) in [4.78, 5) is 0. The highest BCUT2D eigenvalue weighted by Gasteiger charge is 2.21. The second-order valence-corrected chi connectivity index (χ2v) is 6.63. The molecule has 0 N–H and O–H groups in total. The van der Waals surface area contributed by atoms with Crippen LogP contribution in [0, 0.1) is 0 Å². The van der Waals surface area contributed by atoms with Crippen LogP contribution in [-0.2, 0) is 9.47 Å². The predicted octanol–water partition coefficient (Wildman–Crippen LogP) is 5.88. The van der Waals surface area contributed by atoms with E-state index in [4.69, 9.17) is 9.47 Å². The zero-order chi connectivity index (χ0) is 15.0. The first-order valence-electron chi connectivity index (χ1n) is 9.63. The Labute approximate surface area is 133 Å². The fourth-order valence-electron chi connectivity index (χ4n) is 2.78. The molecule has 126 valence electrons. The van der Waals surface area contributed by atoms with Gasteiger partial charge in [0.2, 0.25) is 0 Å². The Hall–Kier alpha value is -0.0800. The third-order valence-electron chi connectivity index (χ3n) is 4.35. The predicted molar refractivity (Wildman–Crippen MR) is 90.9 cm³/mol. The van der Waals surface area contributed by atoms with E-state index in [1.165, 1.54) is 89.9 Å². The van der Waals surface area contributed by atoms with Crippen molar-refractivity contribution in [2.45, 2.75) is 103 Å². The lowest BCUT2D eigenvalue weighted by atomic mass is 10.0. The lowest BCUT2D eigenvalue weighted by Crippen LogP contribution is -2.02. The topological polar surface area (TPSA) is 21.8 Å². The molecule has 0 aromatic heterocycles. The Morgan fingerprint density at radius 2 is 1.14 bits per heavy atom. The molecule has 0 aromatic carbocycles. The minimum atomic E-state index is 0.427. The van der Waals surface area contributed by atoms with E-state index in [1.54, 1.807) is 0 Å². The van der Waals surface area contributed by atoms with Gasteiger partial charge in [-0.2, -0.15) is 0 Å². The summed E-state index contributed by atoms with van der Waals surface area (Å²) >= 11 is 0. The van der Waals surface area contributed by atoms with Crippen molar-refractivity contribution in [3.63, 3.8) is 0 Å². The van der Waals surface area contributed by atoms with Crippen LogP contribution in [0.2, 0.25) is 0 Å². The van der Waals surface area contributed by atoms with Crippen molar-refractivity contribution < 1.29 is 9.47 Å². The molecule has 0 aromatic rings. The van der Waals surface area contributed by atoms with E-state index in [0.717, 1.165) is 19.8 Å². The van der Waals surface area contributed by atoms with E-state index < -0.39 is 0 Å². The first kappa shape index (κ1) is 19.0. The Morgan fingerprint density at radius 3 is 1.57 bits per heavy atom. The van der Waals surface area contributed by atoms with E-state index in [1.807, 2.05) is 0 Å². The summed E-state index contributed by atoms with van der Waals surface area (Å²) in [5.74, 6) is 0. The third-order valence-corrected chi connectivity index (χ3v) is 4.35. The van der Waals surface area contributed by atoms with Gasteiger partial charge in [0, 0.05) is 6.61 Å². The molecule has 21 heavy (non-hydrogen) atoms. The second kappa shape index (κ2) is 14.8. The van der Waals surface area contributed by atoms with E-state index in [2.05, 4.69) is 6.92 Å². The highest BCUT2D eigenvalue weighted by Crippen LogP contribution is 2.13. The maximum Gasteiger partial charge on any atom is 0.104 e. The molecule has 1 fully saturated rings. The quantitative estimate of drug-likeness (QED) is 0.247. The zero-order valence-corrected chi connectivity index (χ0v) is 14.4. The monoisotopic (exact) mass is 298 g/mol. The van der Waals surface area contributed by atoms with Gasteiger partial charge in [-0.15, -0.1) is 0 Å². The summed E-state index contributed by atoms with van der Waals surface area (Å²) in [6, 6.07) is 0. The minimum absolute atomic E-state index is 0.427. The molecule has 0 bridgehead atoms. The van der Waals surface area contributed by atoms with Crippen molar-refractivity contribution in [3.05, 3.63) is 0 Å². The fourth-order valence-corrected chi connectivity index (χ4v) is 2.78. The van der Waals surface area contributed by atoms with Crippen molar-refractivity contribution in [1.29, 1.82) is 0 Å². The van der Waals surface area contributed by atoms with Gasteiger partial charge in [-0.05, 0) is 6.42 Å². The molecule has 0 aliphatic carbocycles. The zero-order valence-electron chi connectivity index (χ0n) is 14.4. The van der Waals surface area contributed by atoms with Crippen LogP contribution in [0.15, 0.2) is 0 Å². The van der Waals surface area contributed by atoms with Crippen molar-refractivity contribution in [3.8, 4) is 0 Å². The number of hydrogen-bond acceptors (Lipinski definition) is 2. The fraction of sp³-hybridized carbons (Fsp3) is 1.00. The maximum absolute atomic E-state index is 5.54. The molecule has 1 aliphatic rings. The molecule has 1 saturated heterocycles. The van der Waals surface area contributed by atoms with Gasteiger partial charge in [0.25, 0.3) is 0 Å². The average Bonchev–Trinajstić information content (AvgIpc) is 3.31. The van der Waals surface area contributed by atoms with Crippen LogP contribution >= 0.6 is 0 Å². The van der Waals surface area contributed by atoms with Gasteiger partial charge < -0.3 is 9.47 Å². The molecule has 1 rings (SSSR count). The normalized spacial score (nSPS) is 17.3. The first-order valence-corrected chi connectivity index (χ1v) is 9.63. The summed E-state index contributed by atoms with van der Waals surface area (Å²) in [5.41, 5.74) is 0. The van der Waals surface area contributed by atoms with Crippen molar-refractivity contribution >= 4 is 0 Å². The Bertz CT molecular complexity index is 202. The van der Waals surface area contributed by atoms with Crippen molar-refractivity contribution in [2.75, 3.05) is 19.8 Å². The van der Waals surface area contributed by atoms with Gasteiger partial charge in [-0.1, -0.05) is 90.4 Å². The van der Waals surface area contributed by atoms with Crippen LogP contribution in [0.1, 0.15) is 96.8 Å². The number of rotatable bonds is 17. The summed E-state index contributed by atoms with van der Waals surface area (Å²) in [5, 5.41) is 0. The number of unbranched alkanes of at least 4 members (excludes halogenated alkanes) is 13. The largest absolute Gasteiger partial charge is 0.379 e. The van der Waals surface area contributed by atoms with Gasteiger partial charge in [0.15, 0.2) is 0 Å². The highest BCUT2D eigenvalue weighted by atomic mass is 16.6. The summed E-state index contributed by atoms with van der Waals surface area (Å²) < 4.78 is 10.6. The molecule has 2 heteroatoms. The molecule has 0 amide bonds. The Balaban J connectivity index is 1.59. The SMILES string of the molecule is CCCCCCCCCCCCCCCCOCC1CO1. The molecule has 0 radical (unpaired) electrons. The molecule has 0 saturated carbocycles. The van der Waals surface area contributed by atoms with Crippen LogP contribution < -0.4 is 0 Å². The van der Waals surface area contributed by atoms with E-state index >= 15 is 0 Å². The van der Waals surface area contributed by atoms with Gasteiger partial charge in [0.1, 0.15) is 6.10 Å². The smallest absolute Gasteiger partial charge is 0.104 e. The molecule has 1 aliphatic heterocycles. The van der Waals surface area contributed by atoms with Crippen LogP contribution in [0.25, 0.3) is 0 Å². The lowest BCUT2D eigenvalue weighted by Gasteiger charge is -2.04. The summed E-state index contributed by atoms with van der Waals surface area (Å²) in [6.07, 6.45) is 20.2. The van der Waals surface area contributed by atoms with Crippen LogP contribution in [0.4, 0.5) is 0 Å². The van der Waals surface area contributed by atoms with E-state index in [9.17, 15) is 0 Å². The summed E-state index contributed by atoms with van der Waals surface area (Å²) in [7, 11) is 0. The first-order chi connectivity index (χ1) is 10.4. The molecule has 1 heterocycles. The standard InChI is InChI=1S/C19H38O2/c1-2-3-4-5-6-7-8-9-10-11-12-13-14-15-16-20-17-19-18-21-19/h19H,2-18H2,1H3. The number of ether oxygens (including phenoxy) is 2. The lowest BCUT2D eigenvalue weighted by molar-refractivity contribution is 0.113. The number of hydrogen-bond donors (Lipinski definition) is 0. The minimum Gasteiger partial charge on any atom is -0.379 e.